The largest absolute Gasteiger partial charge is 0.436 e. The van der Waals surface area contributed by atoms with Crippen LogP contribution in [0.1, 0.15) is 25.1 Å². The third kappa shape index (κ3) is 2.19. The van der Waals surface area contributed by atoms with Crippen LogP contribution in [-0.2, 0) is 10.2 Å². The van der Waals surface area contributed by atoms with E-state index in [0.29, 0.717) is 22.9 Å². The van der Waals surface area contributed by atoms with Gasteiger partial charge in [-0.25, -0.2) is 4.98 Å². The molecule has 0 saturated heterocycles. The molecule has 0 atom stereocenters. The number of nitrogens with zero attached hydrogens (tertiary/aromatic N) is 4. The molecule has 128 valence electrons. The van der Waals surface area contributed by atoms with Gasteiger partial charge >= 0.3 is 0 Å². The summed E-state index contributed by atoms with van der Waals surface area (Å²) in [5.74, 6) is 0.917. The van der Waals surface area contributed by atoms with Crippen molar-refractivity contribution < 1.29 is 13.7 Å². The number of aromatic nitrogens is 3. The summed E-state index contributed by atoms with van der Waals surface area (Å²) in [6.45, 7) is 5.52. The number of likely N-dealkylation sites (N-methyl/N-ethyl adjacent to an activating group) is 1. The van der Waals surface area contributed by atoms with E-state index >= 15 is 0 Å². The quantitative estimate of drug-likeness (QED) is 0.716. The molecule has 3 aromatic rings. The van der Waals surface area contributed by atoms with Crippen molar-refractivity contribution in [1.29, 1.82) is 0 Å². The van der Waals surface area contributed by atoms with Gasteiger partial charge in [0, 0.05) is 18.3 Å². The van der Waals surface area contributed by atoms with E-state index in [0.717, 1.165) is 16.8 Å². The number of benzene rings is 1. The second-order valence-corrected chi connectivity index (χ2v) is 6.77. The first-order valence-electron chi connectivity index (χ1n) is 7.90. The lowest BCUT2D eigenvalue weighted by Crippen LogP contribution is -2.33. The van der Waals surface area contributed by atoms with Gasteiger partial charge < -0.3 is 9.32 Å². The van der Waals surface area contributed by atoms with Crippen molar-refractivity contribution in [3.63, 3.8) is 0 Å². The Morgan fingerprint density at radius 1 is 1.28 bits per heavy atom. The number of oxazole rings is 1. The second-order valence-electron chi connectivity index (χ2n) is 6.77. The van der Waals surface area contributed by atoms with E-state index in [1.165, 1.54) is 6.20 Å². The highest BCUT2D eigenvalue weighted by atomic mass is 19.2. The highest BCUT2D eigenvalue weighted by Gasteiger charge is 2.42. The minimum Gasteiger partial charge on any atom is -0.436 e. The van der Waals surface area contributed by atoms with Crippen LogP contribution in [0.3, 0.4) is 0 Å². The van der Waals surface area contributed by atoms with Crippen LogP contribution in [0.15, 0.2) is 35.0 Å². The summed E-state index contributed by atoms with van der Waals surface area (Å²) in [5.41, 5.74) is 3.11. The maximum absolute atomic E-state index is 13.2. The highest BCUT2D eigenvalue weighted by molar-refractivity contribution is 6.07. The zero-order valence-corrected chi connectivity index (χ0v) is 14.4. The van der Waals surface area contributed by atoms with Gasteiger partial charge in [-0.15, -0.1) is 10.0 Å². The van der Waals surface area contributed by atoms with Crippen LogP contribution in [0, 0.1) is 6.92 Å². The SMILES string of the molecule is Cc1nn(F)cc1-c1ncc(-c2ccc3c(c2)N(C)C(=O)C3(C)C)o1. The van der Waals surface area contributed by atoms with Gasteiger partial charge in [0.2, 0.25) is 11.8 Å². The molecule has 0 fully saturated rings. The molecule has 0 radical (unpaired) electrons. The number of carbonyl (C=O) groups excluding carboxylic acids is 1. The Labute approximate surface area is 143 Å². The summed E-state index contributed by atoms with van der Waals surface area (Å²) in [4.78, 5) is 18.5. The molecule has 7 heteroatoms. The molecule has 0 unspecified atom stereocenters. The summed E-state index contributed by atoms with van der Waals surface area (Å²) >= 11 is 0. The Hall–Kier alpha value is -2.96. The molecule has 0 bridgehead atoms. The number of halogens is 1. The summed E-state index contributed by atoms with van der Waals surface area (Å²) in [7, 11) is 1.77. The maximum atomic E-state index is 13.2. The van der Waals surface area contributed by atoms with E-state index in [1.54, 1.807) is 25.1 Å². The Morgan fingerprint density at radius 3 is 2.72 bits per heavy atom. The number of anilines is 1. The molecular formula is C18H17FN4O2. The van der Waals surface area contributed by atoms with Crippen molar-refractivity contribution in [3.05, 3.63) is 41.9 Å². The predicted octanol–water partition coefficient (Wildman–Crippen LogP) is 3.50. The molecule has 1 amide bonds. The summed E-state index contributed by atoms with van der Waals surface area (Å²) in [5, 5.41) is 3.66. The van der Waals surface area contributed by atoms with E-state index < -0.39 is 5.41 Å². The number of rotatable bonds is 2. The average Bonchev–Trinajstić information content (AvgIpc) is 3.22. The van der Waals surface area contributed by atoms with Crippen molar-refractivity contribution in [2.75, 3.05) is 11.9 Å². The van der Waals surface area contributed by atoms with Gasteiger partial charge in [-0.1, -0.05) is 16.6 Å². The number of fused-ring (bicyclic) bond motifs is 1. The molecular weight excluding hydrogens is 323 g/mol. The monoisotopic (exact) mass is 340 g/mol. The Balaban J connectivity index is 1.76. The van der Waals surface area contributed by atoms with Gasteiger partial charge in [0.05, 0.1) is 29.1 Å². The van der Waals surface area contributed by atoms with Crippen LogP contribution in [0.4, 0.5) is 10.2 Å². The van der Waals surface area contributed by atoms with Crippen molar-refractivity contribution in [1.82, 2.24) is 15.0 Å². The van der Waals surface area contributed by atoms with Gasteiger partial charge in [0.1, 0.15) is 0 Å². The summed E-state index contributed by atoms with van der Waals surface area (Å²) in [6.07, 6.45) is 2.82. The lowest BCUT2D eigenvalue weighted by molar-refractivity contribution is -0.121. The zero-order chi connectivity index (χ0) is 17.9. The van der Waals surface area contributed by atoms with Crippen molar-refractivity contribution in [2.24, 2.45) is 0 Å². The molecule has 2 aromatic heterocycles. The van der Waals surface area contributed by atoms with Crippen molar-refractivity contribution in [2.45, 2.75) is 26.2 Å². The van der Waals surface area contributed by atoms with Crippen molar-refractivity contribution >= 4 is 11.6 Å². The molecule has 1 aliphatic rings. The smallest absolute Gasteiger partial charge is 0.236 e. The zero-order valence-electron chi connectivity index (χ0n) is 14.4. The van der Waals surface area contributed by atoms with Crippen LogP contribution in [0.5, 0.6) is 0 Å². The molecule has 3 heterocycles. The van der Waals surface area contributed by atoms with Crippen LogP contribution < -0.4 is 4.90 Å². The van der Waals surface area contributed by atoms with Crippen LogP contribution >= 0.6 is 0 Å². The predicted molar refractivity (Wildman–Crippen MR) is 90.8 cm³/mol. The standard InChI is InChI=1S/C18H17FN4O2/c1-10-12(9-23(19)21-10)16-20-8-15(25-16)11-5-6-13-14(7-11)22(4)17(24)18(13,2)3/h5-9H,1-4H3. The van der Waals surface area contributed by atoms with E-state index in [9.17, 15) is 9.28 Å². The topological polar surface area (TPSA) is 64.2 Å². The Kier molecular flexibility index (Phi) is 3.12. The van der Waals surface area contributed by atoms with E-state index in [2.05, 4.69) is 10.1 Å². The van der Waals surface area contributed by atoms with Gasteiger partial charge in [0.15, 0.2) is 5.76 Å². The molecule has 0 spiro atoms. The lowest BCUT2D eigenvalue weighted by atomic mass is 9.86. The first-order chi connectivity index (χ1) is 11.8. The number of carbonyl (C=O) groups is 1. The highest BCUT2D eigenvalue weighted by Crippen LogP contribution is 2.42. The fourth-order valence-electron chi connectivity index (χ4n) is 3.30. The minimum absolute atomic E-state index is 0.0592. The normalized spacial score (nSPS) is 15.7. The summed E-state index contributed by atoms with van der Waals surface area (Å²) in [6, 6.07) is 5.76. The van der Waals surface area contributed by atoms with Crippen LogP contribution in [-0.4, -0.2) is 27.9 Å². The van der Waals surface area contributed by atoms with Crippen LogP contribution in [0.25, 0.3) is 22.8 Å². The third-order valence-corrected chi connectivity index (χ3v) is 4.76. The molecule has 6 nitrogen and oxygen atoms in total. The molecule has 4 rings (SSSR count). The number of aryl methyl sites for hydroxylation is 1. The molecule has 1 aliphatic heterocycles. The van der Waals surface area contributed by atoms with Gasteiger partial charge in [-0.05, 0) is 32.4 Å². The van der Waals surface area contributed by atoms with E-state index in [-0.39, 0.29) is 10.8 Å². The molecule has 1 aromatic carbocycles. The van der Waals surface area contributed by atoms with Crippen molar-refractivity contribution in [3.8, 4) is 22.8 Å². The van der Waals surface area contributed by atoms with Gasteiger partial charge in [-0.2, -0.15) is 0 Å². The number of hydrogen-bond donors (Lipinski definition) is 0. The first kappa shape index (κ1) is 15.6. The minimum atomic E-state index is -0.540. The average molecular weight is 340 g/mol. The lowest BCUT2D eigenvalue weighted by Gasteiger charge is -2.16. The summed E-state index contributed by atoms with van der Waals surface area (Å²) < 4.78 is 19.0. The number of hydrogen-bond acceptors (Lipinski definition) is 4. The fourth-order valence-corrected chi connectivity index (χ4v) is 3.30. The van der Waals surface area contributed by atoms with Gasteiger partial charge in [-0.3, -0.25) is 4.79 Å². The molecule has 25 heavy (non-hydrogen) atoms. The number of amides is 1. The van der Waals surface area contributed by atoms with E-state index in [4.69, 9.17) is 4.42 Å². The Bertz CT molecular complexity index is 1000. The van der Waals surface area contributed by atoms with Crippen LogP contribution in [0.2, 0.25) is 0 Å². The maximum Gasteiger partial charge on any atom is 0.236 e. The molecule has 0 N–H and O–H groups in total. The molecule has 0 saturated carbocycles. The second kappa shape index (κ2) is 5.02. The first-order valence-corrected chi connectivity index (χ1v) is 7.90. The van der Waals surface area contributed by atoms with E-state index in [1.807, 2.05) is 32.0 Å². The van der Waals surface area contributed by atoms with Gasteiger partial charge in [0.25, 0.3) is 0 Å². The third-order valence-electron chi connectivity index (χ3n) is 4.76. The fraction of sp³-hybridized carbons (Fsp3) is 0.278. The molecule has 0 aliphatic carbocycles. The Morgan fingerprint density at radius 2 is 2.04 bits per heavy atom.